The lowest BCUT2D eigenvalue weighted by atomic mass is 10.3. The molecule has 6 nitrogen and oxygen atoms in total. The molecule has 0 spiro atoms. The SMILES string of the molecule is O=c1c(=Cc2cccnc2)sc2n1CN(c1ccc(OC(F)(F)F)cc1)CN=2. The van der Waals surface area contributed by atoms with Crippen molar-refractivity contribution in [2.75, 3.05) is 11.6 Å². The van der Waals surface area contributed by atoms with E-state index in [4.69, 9.17) is 0 Å². The number of pyridine rings is 1. The van der Waals surface area contributed by atoms with Crippen LogP contribution in [0.25, 0.3) is 6.08 Å². The standard InChI is InChI=1S/C18H13F3N4O2S/c19-18(20,21)27-14-5-3-13(4-6-14)24-10-23-17-25(11-24)16(26)15(28-17)8-12-2-1-7-22-9-12/h1-9H,10-11H2. The molecule has 28 heavy (non-hydrogen) atoms. The lowest BCUT2D eigenvalue weighted by Crippen LogP contribution is -2.42. The molecule has 3 heterocycles. The number of anilines is 1. The zero-order valence-corrected chi connectivity index (χ0v) is 15.1. The van der Waals surface area contributed by atoms with Crippen molar-refractivity contribution in [2.24, 2.45) is 4.99 Å². The van der Waals surface area contributed by atoms with E-state index in [-0.39, 0.29) is 18.0 Å². The zero-order valence-electron chi connectivity index (χ0n) is 14.3. The molecular formula is C18H13F3N4O2S. The summed E-state index contributed by atoms with van der Waals surface area (Å²) in [5.41, 5.74) is 1.28. The predicted molar refractivity (Wildman–Crippen MR) is 97.6 cm³/mol. The summed E-state index contributed by atoms with van der Waals surface area (Å²) in [5, 5.41) is 0. The Balaban J connectivity index is 1.59. The second-order valence-electron chi connectivity index (χ2n) is 5.94. The highest BCUT2D eigenvalue weighted by molar-refractivity contribution is 7.07. The number of alkyl halides is 3. The van der Waals surface area contributed by atoms with E-state index in [0.717, 1.165) is 5.56 Å². The van der Waals surface area contributed by atoms with Gasteiger partial charge >= 0.3 is 6.36 Å². The number of benzene rings is 1. The Bertz CT molecular complexity index is 1150. The molecular weight excluding hydrogens is 393 g/mol. The highest BCUT2D eigenvalue weighted by Gasteiger charge is 2.31. The minimum absolute atomic E-state index is 0.172. The van der Waals surface area contributed by atoms with Crippen LogP contribution in [0.5, 0.6) is 5.75 Å². The van der Waals surface area contributed by atoms with Crippen molar-refractivity contribution in [1.82, 2.24) is 9.55 Å². The van der Waals surface area contributed by atoms with Gasteiger partial charge in [0, 0.05) is 18.1 Å². The smallest absolute Gasteiger partial charge is 0.406 e. The summed E-state index contributed by atoms with van der Waals surface area (Å²) in [5.74, 6) is -0.299. The third kappa shape index (κ3) is 3.91. The third-order valence-electron chi connectivity index (χ3n) is 3.99. The van der Waals surface area contributed by atoms with Crippen molar-refractivity contribution in [2.45, 2.75) is 13.0 Å². The first-order chi connectivity index (χ1) is 13.4. The van der Waals surface area contributed by atoms with Crippen LogP contribution in [0, 0.1) is 0 Å². The Morgan fingerprint density at radius 2 is 1.96 bits per heavy atom. The van der Waals surface area contributed by atoms with Gasteiger partial charge in [0.1, 0.15) is 19.1 Å². The van der Waals surface area contributed by atoms with Crippen LogP contribution in [0.4, 0.5) is 18.9 Å². The number of nitrogens with zero attached hydrogens (tertiary/aromatic N) is 4. The number of hydrogen-bond acceptors (Lipinski definition) is 6. The average Bonchev–Trinajstić information content (AvgIpc) is 2.97. The van der Waals surface area contributed by atoms with Crippen LogP contribution in [0.1, 0.15) is 5.56 Å². The van der Waals surface area contributed by atoms with Crippen LogP contribution in [0.3, 0.4) is 0 Å². The maximum absolute atomic E-state index is 12.7. The number of rotatable bonds is 3. The summed E-state index contributed by atoms with van der Waals surface area (Å²) in [6.07, 6.45) is 0.342. The van der Waals surface area contributed by atoms with Crippen LogP contribution in [0.2, 0.25) is 0 Å². The second-order valence-corrected chi connectivity index (χ2v) is 6.94. The monoisotopic (exact) mass is 406 g/mol. The van der Waals surface area contributed by atoms with Gasteiger partial charge in [-0.3, -0.25) is 14.3 Å². The number of thiazole rings is 1. The minimum Gasteiger partial charge on any atom is -0.406 e. The largest absolute Gasteiger partial charge is 0.573 e. The van der Waals surface area contributed by atoms with Crippen molar-refractivity contribution in [3.8, 4) is 5.75 Å². The van der Waals surface area contributed by atoms with Crippen LogP contribution < -0.4 is 24.5 Å². The molecule has 1 aliphatic heterocycles. The van der Waals surface area contributed by atoms with Gasteiger partial charge in [-0.25, -0.2) is 4.99 Å². The molecule has 0 aliphatic carbocycles. The highest BCUT2D eigenvalue weighted by Crippen LogP contribution is 2.25. The van der Waals surface area contributed by atoms with Gasteiger partial charge < -0.3 is 9.64 Å². The molecule has 144 valence electrons. The molecule has 1 aromatic carbocycles. The summed E-state index contributed by atoms with van der Waals surface area (Å²) in [6, 6.07) is 9.11. The van der Waals surface area contributed by atoms with Crippen molar-refractivity contribution < 1.29 is 17.9 Å². The maximum Gasteiger partial charge on any atom is 0.573 e. The molecule has 0 bridgehead atoms. The van der Waals surface area contributed by atoms with Crippen LogP contribution in [-0.4, -0.2) is 22.6 Å². The summed E-state index contributed by atoms with van der Waals surface area (Å²) in [6.45, 7) is 0.556. The van der Waals surface area contributed by atoms with Crippen molar-refractivity contribution in [3.05, 3.63) is 74.0 Å². The van der Waals surface area contributed by atoms with Crippen LogP contribution in [-0.2, 0) is 6.67 Å². The molecule has 0 N–H and O–H groups in total. The number of aromatic nitrogens is 2. The minimum atomic E-state index is -4.73. The molecule has 0 unspecified atom stereocenters. The summed E-state index contributed by atoms with van der Waals surface area (Å²) >= 11 is 1.29. The fraction of sp³-hybridized carbons (Fsp3) is 0.167. The molecule has 1 aliphatic rings. The van der Waals surface area contributed by atoms with Gasteiger partial charge in [0.05, 0.1) is 4.53 Å². The van der Waals surface area contributed by atoms with E-state index < -0.39 is 6.36 Å². The third-order valence-corrected chi connectivity index (χ3v) is 5.04. The van der Waals surface area contributed by atoms with Gasteiger partial charge in [-0.15, -0.1) is 13.2 Å². The zero-order chi connectivity index (χ0) is 19.7. The normalized spacial score (nSPS) is 14.5. The summed E-state index contributed by atoms with van der Waals surface area (Å²) in [4.78, 5) is 23.5. The average molecular weight is 406 g/mol. The molecule has 4 rings (SSSR count). The van der Waals surface area contributed by atoms with Gasteiger partial charge in [-0.05, 0) is 42.0 Å². The quantitative estimate of drug-likeness (QED) is 0.669. The van der Waals surface area contributed by atoms with Gasteiger partial charge in [-0.1, -0.05) is 17.4 Å². The Labute approximate surface area is 160 Å². The van der Waals surface area contributed by atoms with Gasteiger partial charge in [0.15, 0.2) is 4.80 Å². The molecule has 3 aromatic rings. The first kappa shape index (κ1) is 18.2. The Hall–Kier alpha value is -3.14. The summed E-state index contributed by atoms with van der Waals surface area (Å²) in [7, 11) is 0. The van der Waals surface area contributed by atoms with Crippen molar-refractivity contribution in [3.63, 3.8) is 0 Å². The molecule has 0 saturated carbocycles. The Kier molecular flexibility index (Phi) is 4.63. The fourth-order valence-corrected chi connectivity index (χ4v) is 3.71. The number of halogens is 3. The Morgan fingerprint density at radius 3 is 2.64 bits per heavy atom. The summed E-state index contributed by atoms with van der Waals surface area (Å²) < 4.78 is 42.8. The van der Waals surface area contributed by atoms with E-state index in [1.165, 1.54) is 40.2 Å². The lowest BCUT2D eigenvalue weighted by molar-refractivity contribution is -0.274. The van der Waals surface area contributed by atoms with E-state index in [2.05, 4.69) is 14.7 Å². The molecule has 0 atom stereocenters. The van der Waals surface area contributed by atoms with Gasteiger partial charge in [0.25, 0.3) is 5.56 Å². The first-order valence-corrected chi connectivity index (χ1v) is 8.97. The number of fused-ring (bicyclic) bond motifs is 1. The van der Waals surface area contributed by atoms with Crippen LogP contribution in [0.15, 0.2) is 58.6 Å². The molecule has 0 radical (unpaired) electrons. The van der Waals surface area contributed by atoms with Crippen molar-refractivity contribution >= 4 is 23.1 Å². The highest BCUT2D eigenvalue weighted by atomic mass is 32.1. The van der Waals surface area contributed by atoms with Crippen LogP contribution >= 0.6 is 11.3 Å². The van der Waals surface area contributed by atoms with E-state index in [1.807, 2.05) is 6.07 Å². The molecule has 0 amide bonds. The van der Waals surface area contributed by atoms with E-state index in [9.17, 15) is 18.0 Å². The first-order valence-electron chi connectivity index (χ1n) is 8.16. The van der Waals surface area contributed by atoms with Gasteiger partial charge in [0.2, 0.25) is 0 Å². The molecule has 10 heteroatoms. The Morgan fingerprint density at radius 1 is 1.18 bits per heavy atom. The molecule has 2 aromatic heterocycles. The fourth-order valence-electron chi connectivity index (χ4n) is 2.75. The maximum atomic E-state index is 12.7. The van der Waals surface area contributed by atoms with E-state index in [1.54, 1.807) is 29.4 Å². The molecule has 0 saturated heterocycles. The predicted octanol–water partition coefficient (Wildman–Crippen LogP) is 2.09. The number of ether oxygens (including phenoxy) is 1. The topological polar surface area (TPSA) is 59.7 Å². The van der Waals surface area contributed by atoms with Gasteiger partial charge in [-0.2, -0.15) is 0 Å². The second kappa shape index (κ2) is 7.12. The van der Waals surface area contributed by atoms with Crippen molar-refractivity contribution in [1.29, 1.82) is 0 Å². The lowest BCUT2D eigenvalue weighted by Gasteiger charge is -2.25. The molecule has 0 fully saturated rings. The van der Waals surface area contributed by atoms with E-state index >= 15 is 0 Å². The van der Waals surface area contributed by atoms with E-state index in [0.29, 0.717) is 21.7 Å². The number of hydrogen-bond donors (Lipinski definition) is 0.